The SMILES string of the molecule is COCCN(CC(=O)O)C(=O)CCc1nc(C(C)C)no1. The lowest BCUT2D eigenvalue weighted by atomic mass is 10.2. The Hall–Kier alpha value is -1.96. The number of carboxylic acid groups (broad SMARTS) is 1. The van der Waals surface area contributed by atoms with E-state index >= 15 is 0 Å². The maximum atomic E-state index is 12.0. The quantitative estimate of drug-likeness (QED) is 0.714. The zero-order valence-corrected chi connectivity index (χ0v) is 12.5. The Bertz CT molecular complexity index is 472. The zero-order valence-electron chi connectivity index (χ0n) is 12.5. The van der Waals surface area contributed by atoms with Crippen LogP contribution in [-0.4, -0.2) is 58.8 Å². The molecular weight excluding hydrogens is 278 g/mol. The van der Waals surface area contributed by atoms with Crippen molar-refractivity contribution in [2.45, 2.75) is 32.6 Å². The second-order valence-electron chi connectivity index (χ2n) is 4.90. The van der Waals surface area contributed by atoms with Gasteiger partial charge >= 0.3 is 5.97 Å². The normalized spacial score (nSPS) is 10.9. The summed E-state index contributed by atoms with van der Waals surface area (Å²) in [6.07, 6.45) is 0.415. The highest BCUT2D eigenvalue weighted by Crippen LogP contribution is 2.11. The molecule has 0 fully saturated rings. The molecule has 118 valence electrons. The Labute approximate surface area is 123 Å². The molecule has 1 heterocycles. The van der Waals surface area contributed by atoms with Crippen molar-refractivity contribution >= 4 is 11.9 Å². The summed E-state index contributed by atoms with van der Waals surface area (Å²) >= 11 is 0. The average molecular weight is 299 g/mol. The molecule has 0 atom stereocenters. The van der Waals surface area contributed by atoms with Crippen molar-refractivity contribution in [1.82, 2.24) is 15.0 Å². The number of aromatic nitrogens is 2. The fraction of sp³-hybridized carbons (Fsp3) is 0.692. The number of carbonyl (C=O) groups is 2. The fourth-order valence-corrected chi connectivity index (χ4v) is 1.63. The number of nitrogens with zero attached hydrogens (tertiary/aromatic N) is 3. The molecule has 0 spiro atoms. The minimum absolute atomic E-state index is 0.122. The maximum absolute atomic E-state index is 12.0. The summed E-state index contributed by atoms with van der Waals surface area (Å²) in [7, 11) is 1.50. The van der Waals surface area contributed by atoms with E-state index in [4.69, 9.17) is 14.4 Å². The summed E-state index contributed by atoms with van der Waals surface area (Å²) in [5.74, 6) is -0.199. The third-order valence-corrected chi connectivity index (χ3v) is 2.80. The van der Waals surface area contributed by atoms with Gasteiger partial charge in [-0.1, -0.05) is 19.0 Å². The molecule has 1 aromatic rings. The summed E-state index contributed by atoms with van der Waals surface area (Å²) in [5.41, 5.74) is 0. The van der Waals surface area contributed by atoms with Gasteiger partial charge in [0.05, 0.1) is 6.61 Å². The lowest BCUT2D eigenvalue weighted by Gasteiger charge is -2.19. The van der Waals surface area contributed by atoms with Crippen molar-refractivity contribution in [3.05, 3.63) is 11.7 Å². The van der Waals surface area contributed by atoms with Crippen LogP contribution in [0.25, 0.3) is 0 Å². The van der Waals surface area contributed by atoms with Crippen LogP contribution in [0.5, 0.6) is 0 Å². The first kappa shape index (κ1) is 17.1. The molecule has 0 saturated heterocycles. The van der Waals surface area contributed by atoms with Crippen molar-refractivity contribution in [1.29, 1.82) is 0 Å². The number of amides is 1. The lowest BCUT2D eigenvalue weighted by molar-refractivity contribution is -0.144. The standard InChI is InChI=1S/C13H21N3O5/c1-9(2)13-14-10(21-15-13)4-5-11(17)16(6-7-20-3)8-12(18)19/h9H,4-8H2,1-3H3,(H,18,19). The minimum Gasteiger partial charge on any atom is -0.480 e. The summed E-state index contributed by atoms with van der Waals surface area (Å²) in [4.78, 5) is 28.2. The van der Waals surface area contributed by atoms with Gasteiger partial charge in [-0.05, 0) is 0 Å². The zero-order chi connectivity index (χ0) is 15.8. The summed E-state index contributed by atoms with van der Waals surface area (Å²) < 4.78 is 9.91. The van der Waals surface area contributed by atoms with Gasteiger partial charge in [0.15, 0.2) is 5.82 Å². The lowest BCUT2D eigenvalue weighted by Crippen LogP contribution is -2.38. The number of hydrogen-bond acceptors (Lipinski definition) is 6. The third-order valence-electron chi connectivity index (χ3n) is 2.80. The Morgan fingerprint density at radius 2 is 2.14 bits per heavy atom. The molecule has 1 amide bonds. The summed E-state index contributed by atoms with van der Waals surface area (Å²) in [5, 5.41) is 12.6. The van der Waals surface area contributed by atoms with Crippen LogP contribution in [-0.2, 0) is 20.7 Å². The highest BCUT2D eigenvalue weighted by molar-refractivity contribution is 5.81. The molecule has 0 radical (unpaired) electrons. The van der Waals surface area contributed by atoms with Crippen LogP contribution >= 0.6 is 0 Å². The first-order valence-electron chi connectivity index (χ1n) is 6.75. The number of ether oxygens (including phenoxy) is 1. The number of methoxy groups -OCH3 is 1. The molecule has 8 heteroatoms. The van der Waals surface area contributed by atoms with Gasteiger partial charge < -0.3 is 19.3 Å². The molecule has 0 aliphatic rings. The summed E-state index contributed by atoms with van der Waals surface area (Å²) in [6, 6.07) is 0. The van der Waals surface area contributed by atoms with Gasteiger partial charge in [-0.25, -0.2) is 0 Å². The number of hydrogen-bond donors (Lipinski definition) is 1. The molecule has 0 unspecified atom stereocenters. The van der Waals surface area contributed by atoms with E-state index in [1.807, 2.05) is 13.8 Å². The average Bonchev–Trinajstić information content (AvgIpc) is 2.89. The van der Waals surface area contributed by atoms with Crippen LogP contribution in [0.1, 0.15) is 37.9 Å². The van der Waals surface area contributed by atoms with Crippen LogP contribution < -0.4 is 0 Å². The van der Waals surface area contributed by atoms with Gasteiger partial charge in [0.25, 0.3) is 0 Å². The molecule has 1 N–H and O–H groups in total. The molecule has 0 saturated carbocycles. The van der Waals surface area contributed by atoms with Crippen LogP contribution in [0.15, 0.2) is 4.52 Å². The van der Waals surface area contributed by atoms with E-state index in [1.54, 1.807) is 0 Å². The Kier molecular flexibility index (Phi) is 6.80. The Balaban J connectivity index is 2.53. The van der Waals surface area contributed by atoms with E-state index < -0.39 is 5.97 Å². The van der Waals surface area contributed by atoms with Gasteiger partial charge in [-0.3, -0.25) is 9.59 Å². The molecule has 0 aliphatic carbocycles. The summed E-state index contributed by atoms with van der Waals surface area (Å²) in [6.45, 7) is 4.07. The van der Waals surface area contributed by atoms with Crippen molar-refractivity contribution < 1.29 is 24.0 Å². The van der Waals surface area contributed by atoms with Crippen LogP contribution in [0.4, 0.5) is 0 Å². The first-order valence-corrected chi connectivity index (χ1v) is 6.75. The molecule has 8 nitrogen and oxygen atoms in total. The molecule has 0 aromatic carbocycles. The van der Waals surface area contributed by atoms with E-state index in [9.17, 15) is 9.59 Å². The van der Waals surface area contributed by atoms with E-state index in [0.717, 1.165) is 0 Å². The van der Waals surface area contributed by atoms with Gasteiger partial charge in [0.2, 0.25) is 11.8 Å². The predicted octanol–water partition coefficient (Wildman–Crippen LogP) is 0.685. The monoisotopic (exact) mass is 299 g/mol. The Morgan fingerprint density at radius 3 is 2.67 bits per heavy atom. The number of carbonyl (C=O) groups excluding carboxylic acids is 1. The van der Waals surface area contributed by atoms with Crippen LogP contribution in [0, 0.1) is 0 Å². The highest BCUT2D eigenvalue weighted by atomic mass is 16.5. The topological polar surface area (TPSA) is 106 Å². The van der Waals surface area contributed by atoms with Gasteiger partial charge in [0, 0.05) is 32.4 Å². The third kappa shape index (κ3) is 5.90. The largest absolute Gasteiger partial charge is 0.480 e. The molecule has 21 heavy (non-hydrogen) atoms. The number of carboxylic acids is 1. The molecule has 1 aromatic heterocycles. The number of aryl methyl sites for hydroxylation is 1. The second-order valence-corrected chi connectivity index (χ2v) is 4.90. The molecule has 0 aliphatic heterocycles. The van der Waals surface area contributed by atoms with Crippen molar-refractivity contribution in [2.24, 2.45) is 0 Å². The van der Waals surface area contributed by atoms with Crippen molar-refractivity contribution in [3.63, 3.8) is 0 Å². The molecular formula is C13H21N3O5. The second kappa shape index (κ2) is 8.35. The highest BCUT2D eigenvalue weighted by Gasteiger charge is 2.18. The van der Waals surface area contributed by atoms with Gasteiger partial charge in [0.1, 0.15) is 6.54 Å². The predicted molar refractivity (Wildman–Crippen MR) is 72.8 cm³/mol. The van der Waals surface area contributed by atoms with E-state index in [1.165, 1.54) is 12.0 Å². The van der Waals surface area contributed by atoms with Gasteiger partial charge in [-0.15, -0.1) is 0 Å². The smallest absolute Gasteiger partial charge is 0.323 e. The fourth-order valence-electron chi connectivity index (χ4n) is 1.63. The van der Waals surface area contributed by atoms with Crippen molar-refractivity contribution in [3.8, 4) is 0 Å². The first-order chi connectivity index (χ1) is 9.93. The molecule has 1 rings (SSSR count). The Morgan fingerprint density at radius 1 is 1.43 bits per heavy atom. The van der Waals surface area contributed by atoms with Crippen molar-refractivity contribution in [2.75, 3.05) is 26.8 Å². The molecule has 0 bridgehead atoms. The number of aliphatic carboxylic acids is 1. The minimum atomic E-state index is -1.06. The van der Waals surface area contributed by atoms with Crippen LogP contribution in [0.2, 0.25) is 0 Å². The maximum Gasteiger partial charge on any atom is 0.323 e. The van der Waals surface area contributed by atoms with E-state index in [2.05, 4.69) is 10.1 Å². The van der Waals surface area contributed by atoms with E-state index in [-0.39, 0.29) is 37.9 Å². The number of rotatable bonds is 9. The van der Waals surface area contributed by atoms with Crippen LogP contribution in [0.3, 0.4) is 0 Å². The van der Waals surface area contributed by atoms with E-state index in [0.29, 0.717) is 18.1 Å². The van der Waals surface area contributed by atoms with Gasteiger partial charge in [-0.2, -0.15) is 4.98 Å².